The van der Waals surface area contributed by atoms with E-state index in [-0.39, 0.29) is 12.4 Å². The Hall–Kier alpha value is -2.44. The second-order valence-corrected chi connectivity index (χ2v) is 9.32. The van der Waals surface area contributed by atoms with Crippen molar-refractivity contribution in [2.75, 3.05) is 30.4 Å². The molecule has 1 saturated heterocycles. The highest BCUT2D eigenvalue weighted by Crippen LogP contribution is 2.38. The van der Waals surface area contributed by atoms with E-state index in [0.717, 1.165) is 39.5 Å². The van der Waals surface area contributed by atoms with Gasteiger partial charge in [-0.25, -0.2) is 4.39 Å². The van der Waals surface area contributed by atoms with Crippen molar-refractivity contribution in [2.45, 2.75) is 32.4 Å². The van der Waals surface area contributed by atoms with Gasteiger partial charge in [-0.3, -0.25) is 0 Å². The third-order valence-electron chi connectivity index (χ3n) is 5.76. The van der Waals surface area contributed by atoms with Gasteiger partial charge >= 0.3 is 0 Å². The molecule has 0 spiro atoms. The number of nitrogens with one attached hydrogen (secondary N) is 1. The molecule has 0 amide bonds. The van der Waals surface area contributed by atoms with Crippen molar-refractivity contribution in [1.29, 1.82) is 0 Å². The summed E-state index contributed by atoms with van der Waals surface area (Å²) in [6.45, 7) is 2.82. The average Bonchev–Trinajstić information content (AvgIpc) is 2.83. The molecule has 0 atom stereocenters. The van der Waals surface area contributed by atoms with E-state index in [0.29, 0.717) is 23.6 Å². The molecular weight excluding hydrogens is 507 g/mol. The van der Waals surface area contributed by atoms with Crippen LogP contribution in [0.2, 0.25) is 5.02 Å². The fourth-order valence-corrected chi connectivity index (χ4v) is 4.90. The first kappa shape index (κ1) is 23.7. The monoisotopic (exact) mass is 532 g/mol. The molecule has 1 heterocycles. The summed E-state index contributed by atoms with van der Waals surface area (Å²) in [6.07, 6.45) is 3.72. The van der Waals surface area contributed by atoms with Crippen LogP contribution in [0.1, 0.15) is 30.4 Å². The molecule has 33 heavy (non-hydrogen) atoms. The number of methoxy groups -OCH3 is 1. The second-order valence-electron chi connectivity index (χ2n) is 8.06. The van der Waals surface area contributed by atoms with Gasteiger partial charge in [0, 0.05) is 30.9 Å². The van der Waals surface area contributed by atoms with Crippen LogP contribution in [0.15, 0.2) is 59.1 Å². The maximum atomic E-state index is 13.9. The Morgan fingerprint density at radius 2 is 1.85 bits per heavy atom. The highest BCUT2D eigenvalue weighted by molar-refractivity contribution is 9.10. The van der Waals surface area contributed by atoms with Crippen LogP contribution in [-0.4, -0.2) is 20.2 Å². The van der Waals surface area contributed by atoms with E-state index in [9.17, 15) is 4.39 Å². The van der Waals surface area contributed by atoms with Gasteiger partial charge in [0.15, 0.2) is 11.5 Å². The Morgan fingerprint density at radius 3 is 2.58 bits per heavy atom. The zero-order chi connectivity index (χ0) is 23.2. The number of ether oxygens (including phenoxy) is 2. The van der Waals surface area contributed by atoms with Crippen LogP contribution in [-0.2, 0) is 13.2 Å². The summed E-state index contributed by atoms with van der Waals surface area (Å²) in [5.41, 5.74) is 3.55. The van der Waals surface area contributed by atoms with Gasteiger partial charge in [0.2, 0.25) is 0 Å². The molecule has 7 heteroatoms. The summed E-state index contributed by atoms with van der Waals surface area (Å²) in [5.74, 6) is 0.827. The van der Waals surface area contributed by atoms with E-state index in [1.54, 1.807) is 25.3 Å². The van der Waals surface area contributed by atoms with Crippen molar-refractivity contribution >= 4 is 38.9 Å². The van der Waals surface area contributed by atoms with Gasteiger partial charge < -0.3 is 19.7 Å². The minimum Gasteiger partial charge on any atom is -0.493 e. The molecule has 0 radical (unpaired) electrons. The third-order valence-corrected chi connectivity index (χ3v) is 6.65. The summed E-state index contributed by atoms with van der Waals surface area (Å²) in [7, 11) is 1.59. The number of rotatable bonds is 8. The van der Waals surface area contributed by atoms with Gasteiger partial charge in [0.1, 0.15) is 12.4 Å². The van der Waals surface area contributed by atoms with Crippen LogP contribution in [0, 0.1) is 5.82 Å². The molecule has 0 aliphatic carbocycles. The number of hydrogen-bond donors (Lipinski definition) is 1. The Morgan fingerprint density at radius 1 is 1.06 bits per heavy atom. The molecule has 0 saturated carbocycles. The minimum absolute atomic E-state index is 0.112. The number of piperidine rings is 1. The van der Waals surface area contributed by atoms with Crippen LogP contribution < -0.4 is 19.7 Å². The lowest BCUT2D eigenvalue weighted by Crippen LogP contribution is -2.29. The Labute approximate surface area is 207 Å². The molecule has 4 nitrogen and oxygen atoms in total. The van der Waals surface area contributed by atoms with Crippen molar-refractivity contribution in [3.8, 4) is 11.5 Å². The molecule has 3 aromatic carbocycles. The highest BCUT2D eigenvalue weighted by Gasteiger charge is 2.15. The van der Waals surface area contributed by atoms with Crippen molar-refractivity contribution < 1.29 is 13.9 Å². The first-order chi connectivity index (χ1) is 16.0. The van der Waals surface area contributed by atoms with E-state index in [4.69, 9.17) is 21.1 Å². The molecule has 0 aromatic heterocycles. The van der Waals surface area contributed by atoms with Crippen molar-refractivity contribution in [3.05, 3.63) is 81.0 Å². The Bertz CT molecular complexity index is 1110. The second kappa shape index (κ2) is 11.1. The zero-order valence-corrected chi connectivity index (χ0v) is 20.9. The van der Waals surface area contributed by atoms with Crippen molar-refractivity contribution in [1.82, 2.24) is 0 Å². The van der Waals surface area contributed by atoms with Gasteiger partial charge in [-0.05, 0) is 77.2 Å². The van der Waals surface area contributed by atoms with Crippen molar-refractivity contribution in [3.63, 3.8) is 0 Å². The smallest absolute Gasteiger partial charge is 0.175 e. The molecule has 174 valence electrons. The lowest BCUT2D eigenvalue weighted by atomic mass is 10.1. The average molecular weight is 534 g/mol. The fourth-order valence-electron chi connectivity index (χ4n) is 3.99. The van der Waals surface area contributed by atoms with Gasteiger partial charge in [-0.1, -0.05) is 29.8 Å². The lowest BCUT2D eigenvalue weighted by molar-refractivity contribution is 0.277. The number of halogens is 3. The molecule has 3 aromatic rings. The quantitative estimate of drug-likeness (QED) is 0.326. The Balaban J connectivity index is 1.42. The van der Waals surface area contributed by atoms with Gasteiger partial charge in [0.25, 0.3) is 0 Å². The maximum Gasteiger partial charge on any atom is 0.175 e. The van der Waals surface area contributed by atoms with Gasteiger partial charge in [0.05, 0.1) is 22.3 Å². The SMILES string of the molecule is COc1cc(CNc2ccc(N3CCCCC3)c(Cl)c2)cc(Br)c1OCc1ccccc1F. The molecule has 1 fully saturated rings. The predicted octanol–water partition coefficient (Wildman–Crippen LogP) is 7.43. The Kier molecular flexibility index (Phi) is 7.99. The van der Waals surface area contributed by atoms with Crippen LogP contribution in [0.25, 0.3) is 0 Å². The largest absolute Gasteiger partial charge is 0.493 e. The van der Waals surface area contributed by atoms with E-state index in [1.807, 2.05) is 18.2 Å². The molecule has 1 aliphatic heterocycles. The standard InChI is InChI=1S/C26H27BrClFN2O2/c1-32-25-14-18(13-21(27)26(25)33-17-19-7-3-4-8-23(19)29)16-30-20-9-10-24(22(28)15-20)31-11-5-2-6-12-31/h3-4,7-10,13-15,30H,2,5-6,11-12,16-17H2,1H3. The normalized spacial score (nSPS) is 13.6. The maximum absolute atomic E-state index is 13.9. The van der Waals surface area contributed by atoms with Crippen LogP contribution in [0.3, 0.4) is 0 Å². The highest BCUT2D eigenvalue weighted by atomic mass is 79.9. The minimum atomic E-state index is -0.293. The third kappa shape index (κ3) is 5.92. The van der Waals surface area contributed by atoms with E-state index < -0.39 is 0 Å². The van der Waals surface area contributed by atoms with Crippen LogP contribution in [0.4, 0.5) is 15.8 Å². The molecule has 1 aliphatic rings. The van der Waals surface area contributed by atoms with Gasteiger partial charge in [-0.15, -0.1) is 0 Å². The summed E-state index contributed by atoms with van der Waals surface area (Å²) < 4.78 is 26.1. The molecule has 0 bridgehead atoms. The summed E-state index contributed by atoms with van der Waals surface area (Å²) in [5, 5.41) is 4.19. The number of anilines is 2. The van der Waals surface area contributed by atoms with E-state index in [1.165, 1.54) is 25.3 Å². The van der Waals surface area contributed by atoms with E-state index in [2.05, 4.69) is 38.3 Å². The number of benzene rings is 3. The summed E-state index contributed by atoms with van der Waals surface area (Å²) >= 11 is 10.2. The van der Waals surface area contributed by atoms with Crippen LogP contribution in [0.5, 0.6) is 11.5 Å². The van der Waals surface area contributed by atoms with Crippen LogP contribution >= 0.6 is 27.5 Å². The van der Waals surface area contributed by atoms with Crippen molar-refractivity contribution in [2.24, 2.45) is 0 Å². The molecule has 4 rings (SSSR count). The number of hydrogen-bond acceptors (Lipinski definition) is 4. The van der Waals surface area contributed by atoms with E-state index >= 15 is 0 Å². The lowest BCUT2D eigenvalue weighted by Gasteiger charge is -2.29. The number of nitrogens with zero attached hydrogens (tertiary/aromatic N) is 1. The summed E-state index contributed by atoms with van der Waals surface area (Å²) in [6, 6.07) is 16.6. The first-order valence-corrected chi connectivity index (χ1v) is 12.2. The molecular formula is C26H27BrClFN2O2. The zero-order valence-electron chi connectivity index (χ0n) is 18.5. The molecule has 1 N–H and O–H groups in total. The van der Waals surface area contributed by atoms with Gasteiger partial charge in [-0.2, -0.15) is 0 Å². The summed E-state index contributed by atoms with van der Waals surface area (Å²) in [4.78, 5) is 2.36. The fraction of sp³-hybridized carbons (Fsp3) is 0.308. The topological polar surface area (TPSA) is 33.7 Å². The predicted molar refractivity (Wildman–Crippen MR) is 136 cm³/mol. The first-order valence-electron chi connectivity index (χ1n) is 11.1. The molecule has 0 unspecified atom stereocenters.